The number of nitrogens with zero attached hydrogens (tertiary/aromatic N) is 2. The molecule has 7 aromatic carbocycles. The Bertz CT molecular complexity index is 2540. The number of para-hydroxylation sites is 3. The van der Waals surface area contributed by atoms with Crippen LogP contribution in [0, 0.1) is 23.7 Å². The molecule has 5 saturated carbocycles. The molecule has 0 aromatic heterocycles. The van der Waals surface area contributed by atoms with E-state index >= 15 is 0 Å². The molecule has 59 heavy (non-hydrogen) atoms. The van der Waals surface area contributed by atoms with Crippen molar-refractivity contribution in [1.82, 2.24) is 0 Å². The van der Waals surface area contributed by atoms with Crippen molar-refractivity contribution in [3.63, 3.8) is 0 Å². The molecule has 7 aromatic rings. The van der Waals surface area contributed by atoms with Gasteiger partial charge in [-0.25, -0.2) is 0 Å². The van der Waals surface area contributed by atoms with Crippen LogP contribution >= 0.6 is 0 Å². The fourth-order valence-corrected chi connectivity index (χ4v) is 13.6. The van der Waals surface area contributed by atoms with Gasteiger partial charge in [0, 0.05) is 44.8 Å². The molecule has 13 rings (SSSR count). The topological polar surface area (TPSA) is 6.48 Å². The highest BCUT2D eigenvalue weighted by atomic mass is 15.1. The number of rotatable bonds is 8. The van der Waals surface area contributed by atoms with Crippen LogP contribution in [0.4, 0.5) is 34.1 Å². The first-order valence-corrected chi connectivity index (χ1v) is 22.4. The second-order valence-electron chi connectivity index (χ2n) is 18.5. The van der Waals surface area contributed by atoms with Crippen molar-refractivity contribution in [2.45, 2.75) is 68.6 Å². The molecule has 0 aliphatic heterocycles. The van der Waals surface area contributed by atoms with Gasteiger partial charge in [0.25, 0.3) is 0 Å². The average Bonchev–Trinajstić information content (AvgIpc) is 3.90. The Morgan fingerprint density at radius 1 is 0.373 bits per heavy atom. The minimum Gasteiger partial charge on any atom is -0.311 e. The molecule has 6 aliphatic carbocycles. The quantitative estimate of drug-likeness (QED) is 0.152. The Morgan fingerprint density at radius 3 is 1.36 bits per heavy atom. The number of benzene rings is 7. The average molecular weight is 765 g/mol. The van der Waals surface area contributed by atoms with Gasteiger partial charge in [-0.1, -0.05) is 128 Å². The highest BCUT2D eigenvalue weighted by molar-refractivity contribution is 5.95. The van der Waals surface area contributed by atoms with Crippen LogP contribution < -0.4 is 9.80 Å². The molecule has 290 valence electrons. The van der Waals surface area contributed by atoms with Gasteiger partial charge in [-0.15, -0.1) is 0 Å². The molecule has 0 unspecified atom stereocenters. The van der Waals surface area contributed by atoms with Crippen LogP contribution in [0.5, 0.6) is 0 Å². The zero-order chi connectivity index (χ0) is 39.0. The van der Waals surface area contributed by atoms with E-state index in [0.717, 1.165) is 11.8 Å². The summed E-state index contributed by atoms with van der Waals surface area (Å²) in [6, 6.07) is 69.0. The van der Waals surface area contributed by atoms with Crippen molar-refractivity contribution in [3.8, 4) is 11.1 Å². The van der Waals surface area contributed by atoms with Crippen molar-refractivity contribution in [3.05, 3.63) is 204 Å². The maximum absolute atomic E-state index is 2.55. The number of fused-ring (bicyclic) bond motifs is 5. The molecular formula is C57H52N2. The lowest BCUT2D eigenvalue weighted by molar-refractivity contribution is -0.0418. The molecule has 0 N–H and O–H groups in total. The lowest BCUT2D eigenvalue weighted by Gasteiger charge is -2.62. The van der Waals surface area contributed by atoms with Gasteiger partial charge in [0.05, 0.1) is 5.69 Å². The summed E-state index contributed by atoms with van der Waals surface area (Å²) in [4.78, 5) is 4.95. The molecule has 0 saturated heterocycles. The Balaban J connectivity index is 0.980. The molecule has 4 bridgehead atoms. The van der Waals surface area contributed by atoms with Gasteiger partial charge in [0.15, 0.2) is 0 Å². The minimum absolute atomic E-state index is 0.00810. The Hall–Kier alpha value is -5.86. The summed E-state index contributed by atoms with van der Waals surface area (Å²) in [7, 11) is 0. The van der Waals surface area contributed by atoms with E-state index in [1.54, 1.807) is 0 Å². The van der Waals surface area contributed by atoms with Crippen molar-refractivity contribution < 1.29 is 0 Å². The monoisotopic (exact) mass is 764 g/mol. The van der Waals surface area contributed by atoms with Crippen LogP contribution in [0.3, 0.4) is 0 Å². The van der Waals surface area contributed by atoms with Crippen LogP contribution in [-0.2, 0) is 10.8 Å². The summed E-state index contributed by atoms with van der Waals surface area (Å²) < 4.78 is 0. The predicted octanol–water partition coefficient (Wildman–Crippen LogP) is 15.2. The highest BCUT2D eigenvalue weighted by Gasteiger charge is 2.58. The number of anilines is 6. The molecule has 0 heterocycles. The summed E-state index contributed by atoms with van der Waals surface area (Å²) in [5.74, 6) is 3.10. The normalized spacial score (nSPS) is 24.2. The first-order valence-electron chi connectivity index (χ1n) is 22.4. The summed E-state index contributed by atoms with van der Waals surface area (Å²) in [5.41, 5.74) is 16.4. The third kappa shape index (κ3) is 5.38. The van der Waals surface area contributed by atoms with Gasteiger partial charge in [-0.05, 0) is 163 Å². The van der Waals surface area contributed by atoms with E-state index < -0.39 is 0 Å². The highest BCUT2D eigenvalue weighted by Crippen LogP contribution is 2.66. The van der Waals surface area contributed by atoms with Gasteiger partial charge in [-0.2, -0.15) is 0 Å². The third-order valence-corrected chi connectivity index (χ3v) is 15.6. The first-order chi connectivity index (χ1) is 29.2. The van der Waals surface area contributed by atoms with E-state index in [-0.39, 0.29) is 10.8 Å². The maximum atomic E-state index is 2.55. The van der Waals surface area contributed by atoms with Crippen molar-refractivity contribution in [2.75, 3.05) is 9.80 Å². The van der Waals surface area contributed by atoms with Crippen molar-refractivity contribution in [2.24, 2.45) is 23.7 Å². The third-order valence-electron chi connectivity index (χ3n) is 15.6. The van der Waals surface area contributed by atoms with Gasteiger partial charge in [0.2, 0.25) is 0 Å². The lowest BCUT2D eigenvalue weighted by atomic mass is 9.42. The van der Waals surface area contributed by atoms with E-state index in [9.17, 15) is 0 Å². The largest absolute Gasteiger partial charge is 0.311 e. The van der Waals surface area contributed by atoms with Crippen LogP contribution in [0.1, 0.15) is 80.0 Å². The smallest absolute Gasteiger partial charge is 0.0543 e. The Morgan fingerprint density at radius 2 is 0.814 bits per heavy atom. The molecule has 2 nitrogen and oxygen atoms in total. The van der Waals surface area contributed by atoms with Crippen LogP contribution in [-0.4, -0.2) is 0 Å². The second-order valence-corrected chi connectivity index (χ2v) is 18.5. The van der Waals surface area contributed by atoms with Crippen LogP contribution in [0.2, 0.25) is 0 Å². The first kappa shape index (κ1) is 35.1. The van der Waals surface area contributed by atoms with Gasteiger partial charge in [0.1, 0.15) is 0 Å². The molecule has 5 fully saturated rings. The molecule has 2 heteroatoms. The van der Waals surface area contributed by atoms with Gasteiger partial charge in [-0.3, -0.25) is 0 Å². The second kappa shape index (κ2) is 13.9. The Kier molecular flexibility index (Phi) is 8.26. The summed E-state index contributed by atoms with van der Waals surface area (Å²) in [5, 5.41) is 0. The summed E-state index contributed by atoms with van der Waals surface area (Å²) in [6.07, 6.45) is 11.9. The van der Waals surface area contributed by atoms with E-state index in [1.807, 2.05) is 0 Å². The minimum atomic E-state index is 0.00810. The van der Waals surface area contributed by atoms with Crippen LogP contribution in [0.25, 0.3) is 11.1 Å². The molecule has 6 aliphatic rings. The number of hydrogen-bond donors (Lipinski definition) is 0. The number of hydrogen-bond acceptors (Lipinski definition) is 2. The summed E-state index contributed by atoms with van der Waals surface area (Å²) in [6.45, 7) is 0. The zero-order valence-electron chi connectivity index (χ0n) is 33.9. The molecule has 0 amide bonds. The molecule has 0 radical (unpaired) electrons. The molecule has 0 atom stereocenters. The molecular weight excluding hydrogens is 713 g/mol. The fourth-order valence-electron chi connectivity index (χ4n) is 13.6. The summed E-state index contributed by atoms with van der Waals surface area (Å²) >= 11 is 0. The van der Waals surface area contributed by atoms with Gasteiger partial charge >= 0.3 is 0 Å². The fraction of sp³-hybridized carbons (Fsp3) is 0.263. The van der Waals surface area contributed by atoms with E-state index in [2.05, 4.69) is 192 Å². The predicted molar refractivity (Wildman–Crippen MR) is 245 cm³/mol. The zero-order valence-corrected chi connectivity index (χ0v) is 33.9. The Labute approximate surface area is 350 Å². The van der Waals surface area contributed by atoms with E-state index in [1.165, 1.54) is 125 Å². The van der Waals surface area contributed by atoms with Crippen molar-refractivity contribution in [1.29, 1.82) is 0 Å². The van der Waals surface area contributed by atoms with Gasteiger partial charge < -0.3 is 9.80 Å². The SMILES string of the molecule is c1ccc(N(c2ccccc2)c2ccc(C3(c4ccc(N(c5ccccc5)c5cccc6c5-c5ccccc5C65CCCC5)cc4)C4CC5CC(C4)CC3C5)cc2)cc1. The standard InChI is InChI=1S/C57H52N2/c1-4-15-46(16-5-1)58(47-17-6-2-7-18-47)49-29-25-42(26-30-49)57(44-36-40-35-41(38-44)39-45(57)37-40)43-27-31-50(32-28-43)59(48-19-8-3-9-20-48)54-24-14-23-53-55(54)51-21-10-11-22-52(51)56(53)33-12-13-34-56/h1-11,14-32,40-41,44-45H,12-13,33-39H2. The van der Waals surface area contributed by atoms with Crippen LogP contribution in [0.15, 0.2) is 182 Å². The maximum Gasteiger partial charge on any atom is 0.0543 e. The van der Waals surface area contributed by atoms with E-state index in [4.69, 9.17) is 0 Å². The lowest BCUT2D eigenvalue weighted by Crippen LogP contribution is -2.56. The van der Waals surface area contributed by atoms with E-state index in [0.29, 0.717) is 11.8 Å². The molecule has 1 spiro atoms. The van der Waals surface area contributed by atoms with Crippen molar-refractivity contribution >= 4 is 34.1 Å².